The summed E-state index contributed by atoms with van der Waals surface area (Å²) in [5, 5.41) is 2.87. The van der Waals surface area contributed by atoms with E-state index in [9.17, 15) is 26.4 Å². The van der Waals surface area contributed by atoms with Gasteiger partial charge < -0.3 is 0 Å². The Morgan fingerprint density at radius 2 is 1.00 bits per heavy atom. The minimum absolute atomic E-state index is 0.300. The fourth-order valence-electron chi connectivity index (χ4n) is 3.05. The number of aromatic amines is 2. The third-order valence-corrected chi connectivity index (χ3v) is 6.97. The molecule has 0 saturated heterocycles. The van der Waals surface area contributed by atoms with Crippen LogP contribution in [0.15, 0.2) is 77.2 Å². The number of benzene rings is 2. The van der Waals surface area contributed by atoms with Gasteiger partial charge >= 0.3 is 39.4 Å². The first-order valence-electron chi connectivity index (χ1n) is 8.80. The Bertz CT molecular complexity index is 1540. The van der Waals surface area contributed by atoms with Crippen molar-refractivity contribution in [2.24, 2.45) is 0 Å². The maximum absolute atomic E-state index is 11.6. The van der Waals surface area contributed by atoms with Crippen LogP contribution in [0.25, 0.3) is 11.4 Å². The largest absolute Gasteiger partial charge is 0.448 e. The topological polar surface area (TPSA) is 168 Å². The normalized spacial score (nSPS) is 12.2. The molecule has 0 spiro atoms. The van der Waals surface area contributed by atoms with Gasteiger partial charge in [0, 0.05) is 45.6 Å². The molecule has 0 fully saturated rings. The SMILES string of the molecule is O=c1o[nH][n+](-c2ccc(Cc3ccc(-[n+]4[nH]oc(=O)c4S(=O)(=O)Cl)cc3)cc2)c1S(=O)(=O)Cl. The van der Waals surface area contributed by atoms with Gasteiger partial charge in [0.1, 0.15) is 0 Å². The fourth-order valence-corrected chi connectivity index (χ4v) is 5.04. The predicted molar refractivity (Wildman–Crippen MR) is 111 cm³/mol. The maximum Gasteiger partial charge on any atom is 0.448 e. The van der Waals surface area contributed by atoms with E-state index in [1.807, 2.05) is 0 Å². The lowest BCUT2D eigenvalue weighted by Crippen LogP contribution is -2.39. The average molecular weight is 535 g/mol. The molecule has 4 rings (SSSR count). The molecule has 0 radical (unpaired) electrons. The van der Waals surface area contributed by atoms with Crippen molar-refractivity contribution in [2.75, 3.05) is 0 Å². The molecule has 0 aliphatic heterocycles. The Morgan fingerprint density at radius 3 is 1.30 bits per heavy atom. The molecule has 0 unspecified atom stereocenters. The monoisotopic (exact) mass is 534 g/mol. The van der Waals surface area contributed by atoms with Crippen molar-refractivity contribution in [1.82, 2.24) is 10.5 Å². The molecule has 0 amide bonds. The van der Waals surface area contributed by atoms with Gasteiger partial charge in [-0.25, -0.2) is 26.4 Å². The van der Waals surface area contributed by atoms with Gasteiger partial charge in [-0.2, -0.15) is 0 Å². The predicted octanol–water partition coefficient (Wildman–Crippen LogP) is 0.248. The van der Waals surface area contributed by atoms with E-state index in [0.29, 0.717) is 17.8 Å². The van der Waals surface area contributed by atoms with Gasteiger partial charge in [-0.1, -0.05) is 24.3 Å². The molecule has 2 heterocycles. The quantitative estimate of drug-likeness (QED) is 0.262. The second kappa shape index (κ2) is 8.30. The first kappa shape index (κ1) is 23.0. The summed E-state index contributed by atoms with van der Waals surface area (Å²) in [4.78, 5) is 23.3. The molecule has 2 aromatic heterocycles. The van der Waals surface area contributed by atoms with Crippen LogP contribution < -0.4 is 20.6 Å². The zero-order valence-electron chi connectivity index (χ0n) is 16.1. The van der Waals surface area contributed by atoms with Crippen LogP contribution in [0.1, 0.15) is 11.1 Å². The number of nitrogens with one attached hydrogen (secondary N) is 2. The molecular formula is C17H12Cl2N4O8S2+2. The second-order valence-corrected chi connectivity index (χ2v) is 11.6. The van der Waals surface area contributed by atoms with Crippen molar-refractivity contribution in [3.8, 4) is 11.4 Å². The Balaban J connectivity index is 1.58. The smallest absolute Gasteiger partial charge is 0.281 e. The van der Waals surface area contributed by atoms with Gasteiger partial charge in [-0.05, 0) is 37.5 Å². The van der Waals surface area contributed by atoms with E-state index in [1.54, 1.807) is 48.5 Å². The van der Waals surface area contributed by atoms with Gasteiger partial charge in [0.25, 0.3) is 0 Å². The van der Waals surface area contributed by atoms with E-state index in [4.69, 9.17) is 21.4 Å². The highest BCUT2D eigenvalue weighted by Crippen LogP contribution is 2.14. The Labute approximate surface area is 193 Å². The van der Waals surface area contributed by atoms with Gasteiger partial charge in [-0.3, -0.25) is 9.05 Å². The van der Waals surface area contributed by atoms with Gasteiger partial charge in [0.05, 0.1) is 0 Å². The highest BCUT2D eigenvalue weighted by Gasteiger charge is 2.36. The molecule has 172 valence electrons. The maximum atomic E-state index is 11.6. The van der Waals surface area contributed by atoms with Crippen molar-refractivity contribution in [3.63, 3.8) is 0 Å². The van der Waals surface area contributed by atoms with Crippen molar-refractivity contribution < 1.29 is 35.2 Å². The van der Waals surface area contributed by atoms with Gasteiger partial charge in [0.15, 0.2) is 0 Å². The summed E-state index contributed by atoms with van der Waals surface area (Å²) >= 11 is 0. The number of aromatic nitrogens is 4. The summed E-state index contributed by atoms with van der Waals surface area (Å²) in [7, 11) is 1.90. The van der Waals surface area contributed by atoms with E-state index in [0.717, 1.165) is 20.5 Å². The minimum atomic E-state index is -4.34. The highest BCUT2D eigenvalue weighted by atomic mass is 35.7. The van der Waals surface area contributed by atoms with Crippen LogP contribution in [0.4, 0.5) is 0 Å². The molecular weight excluding hydrogens is 523 g/mol. The summed E-state index contributed by atoms with van der Waals surface area (Å²) < 4.78 is 57.4. The van der Waals surface area contributed by atoms with Crippen molar-refractivity contribution in [1.29, 1.82) is 0 Å². The highest BCUT2D eigenvalue weighted by molar-refractivity contribution is 8.13. The third-order valence-electron chi connectivity index (χ3n) is 4.47. The number of halogens is 2. The summed E-state index contributed by atoms with van der Waals surface area (Å²) in [6, 6.07) is 13.0. The molecule has 33 heavy (non-hydrogen) atoms. The second-order valence-electron chi connectivity index (χ2n) is 6.63. The first-order valence-corrected chi connectivity index (χ1v) is 13.4. The molecule has 4 aromatic rings. The van der Waals surface area contributed by atoms with Crippen molar-refractivity contribution in [3.05, 3.63) is 80.5 Å². The zero-order chi connectivity index (χ0) is 24.0. The number of hydrogen-bond acceptors (Lipinski definition) is 8. The van der Waals surface area contributed by atoms with Crippen molar-refractivity contribution in [2.45, 2.75) is 16.5 Å². The van der Waals surface area contributed by atoms with E-state index in [1.165, 1.54) is 0 Å². The van der Waals surface area contributed by atoms with E-state index >= 15 is 0 Å². The number of nitrogens with zero attached hydrogens (tertiary/aromatic N) is 2. The van der Waals surface area contributed by atoms with Crippen LogP contribution >= 0.6 is 21.4 Å². The summed E-state index contributed by atoms with van der Waals surface area (Å²) in [6.45, 7) is 0. The Kier molecular flexibility index (Phi) is 5.78. The van der Waals surface area contributed by atoms with Crippen LogP contribution in [0.5, 0.6) is 0 Å². The summed E-state index contributed by atoms with van der Waals surface area (Å²) in [5.41, 5.74) is 0.0130. The van der Waals surface area contributed by atoms with Crippen LogP contribution in [0.3, 0.4) is 0 Å². The van der Waals surface area contributed by atoms with Gasteiger partial charge in [-0.15, -0.1) is 0 Å². The van der Waals surface area contributed by atoms with Crippen LogP contribution in [0, 0.1) is 0 Å². The lowest BCUT2D eigenvalue weighted by atomic mass is 10.0. The molecule has 2 aromatic carbocycles. The lowest BCUT2D eigenvalue weighted by Gasteiger charge is -2.02. The first-order chi connectivity index (χ1) is 15.4. The lowest BCUT2D eigenvalue weighted by molar-refractivity contribution is -0.705. The zero-order valence-corrected chi connectivity index (χ0v) is 19.2. The Morgan fingerprint density at radius 1 is 0.667 bits per heavy atom. The van der Waals surface area contributed by atoms with E-state index in [2.05, 4.69) is 19.6 Å². The van der Waals surface area contributed by atoms with Crippen LogP contribution in [0.2, 0.25) is 0 Å². The summed E-state index contributed by atoms with van der Waals surface area (Å²) in [5.74, 6) is 0. The fraction of sp³-hybridized carbons (Fsp3) is 0.0588. The molecule has 0 aliphatic carbocycles. The van der Waals surface area contributed by atoms with Gasteiger partial charge in [0.2, 0.25) is 11.4 Å². The Hall–Kier alpha value is -3.20. The van der Waals surface area contributed by atoms with Crippen LogP contribution in [-0.2, 0) is 24.5 Å². The number of hydrogen-bond donors (Lipinski definition) is 2. The molecule has 0 bridgehead atoms. The molecule has 12 nitrogen and oxygen atoms in total. The number of rotatable bonds is 6. The van der Waals surface area contributed by atoms with E-state index in [-0.39, 0.29) is 0 Å². The summed E-state index contributed by atoms with van der Waals surface area (Å²) in [6.07, 6.45) is 0.459. The average Bonchev–Trinajstić information content (AvgIpc) is 3.32. The standard InChI is InChI=1S/C17H10Cl2N4O8S2/c18-32(26,27)14-16(24)30-20-22(14)12-5-1-10(2-6-12)9-11-3-7-13(8-4-11)23-15(33(19,28)29)17(25)31-21-23/h1-8H,9H2/p+2. The molecule has 0 atom stereocenters. The molecule has 16 heteroatoms. The van der Waals surface area contributed by atoms with E-state index < -0.39 is 39.4 Å². The van der Waals surface area contributed by atoms with Crippen molar-refractivity contribution >= 4 is 39.5 Å². The minimum Gasteiger partial charge on any atom is -0.281 e. The molecule has 0 saturated carbocycles. The molecule has 0 aliphatic rings. The molecule has 2 N–H and O–H groups in total. The number of H-pyrrole nitrogens is 2. The van der Waals surface area contributed by atoms with Crippen LogP contribution in [-0.4, -0.2) is 27.4 Å². The third kappa shape index (κ3) is 4.64.